The molecular formula is C14H20FN3O2S. The predicted octanol–water partition coefficient (Wildman–Crippen LogP) is 1.99. The Morgan fingerprint density at radius 1 is 1.29 bits per heavy atom. The highest BCUT2D eigenvalue weighted by Crippen LogP contribution is 2.27. The van der Waals surface area contributed by atoms with Crippen molar-refractivity contribution >= 4 is 15.9 Å². The number of sulfonamides is 1. The molecule has 0 bridgehead atoms. The molecular weight excluding hydrogens is 293 g/mol. The van der Waals surface area contributed by atoms with Crippen molar-refractivity contribution in [3.05, 3.63) is 30.1 Å². The number of nitrogens with two attached hydrogens (primary N) is 1. The summed E-state index contributed by atoms with van der Waals surface area (Å²) in [6.45, 7) is 0. The third-order valence-corrected chi connectivity index (χ3v) is 5.34. The maximum atomic E-state index is 13.7. The molecule has 1 aromatic rings. The van der Waals surface area contributed by atoms with Crippen LogP contribution in [0, 0.1) is 17.1 Å². The van der Waals surface area contributed by atoms with Crippen LogP contribution in [0.15, 0.2) is 29.2 Å². The van der Waals surface area contributed by atoms with Gasteiger partial charge in [-0.3, -0.25) is 5.41 Å². The summed E-state index contributed by atoms with van der Waals surface area (Å²) in [6, 6.07) is 4.42. The second-order valence-corrected chi connectivity index (χ2v) is 7.07. The monoisotopic (exact) mass is 313 g/mol. The summed E-state index contributed by atoms with van der Waals surface area (Å²) in [5.41, 5.74) is 5.55. The summed E-state index contributed by atoms with van der Waals surface area (Å²) >= 11 is 0. The topological polar surface area (TPSA) is 96.0 Å². The summed E-state index contributed by atoms with van der Waals surface area (Å²) in [5.74, 6) is -1.03. The summed E-state index contributed by atoms with van der Waals surface area (Å²) in [6.07, 6.45) is 4.75. The highest BCUT2D eigenvalue weighted by atomic mass is 32.2. The summed E-state index contributed by atoms with van der Waals surface area (Å²) in [4.78, 5) is -0.410. The average Bonchev–Trinajstić information content (AvgIpc) is 2.46. The van der Waals surface area contributed by atoms with Crippen LogP contribution in [0.25, 0.3) is 0 Å². The smallest absolute Gasteiger partial charge is 0.244 e. The van der Waals surface area contributed by atoms with Crippen molar-refractivity contribution in [1.29, 1.82) is 5.41 Å². The standard InChI is InChI=1S/C14H20FN3O2S/c15-11-8-4-5-9-12(11)21(19,20)18-13(14(16)17)10-6-2-1-3-7-10/h4-5,8-10,13,18H,1-3,6-7H2,(H3,16,17). The van der Waals surface area contributed by atoms with Crippen molar-refractivity contribution in [2.45, 2.75) is 43.0 Å². The first-order valence-corrected chi connectivity index (χ1v) is 8.51. The molecule has 1 aliphatic rings. The molecule has 0 radical (unpaired) electrons. The van der Waals surface area contributed by atoms with Gasteiger partial charge >= 0.3 is 0 Å². The van der Waals surface area contributed by atoms with Gasteiger partial charge in [-0.15, -0.1) is 0 Å². The first-order valence-electron chi connectivity index (χ1n) is 7.02. The Morgan fingerprint density at radius 3 is 2.48 bits per heavy atom. The molecule has 4 N–H and O–H groups in total. The first kappa shape index (κ1) is 15.9. The number of rotatable bonds is 5. The van der Waals surface area contributed by atoms with E-state index in [4.69, 9.17) is 11.1 Å². The van der Waals surface area contributed by atoms with E-state index in [0.717, 1.165) is 38.2 Å². The Hall–Kier alpha value is -1.47. The van der Waals surface area contributed by atoms with E-state index in [9.17, 15) is 12.8 Å². The fraction of sp³-hybridized carbons (Fsp3) is 0.500. The Balaban J connectivity index is 2.23. The van der Waals surface area contributed by atoms with E-state index in [1.807, 2.05) is 0 Å². The van der Waals surface area contributed by atoms with Crippen LogP contribution in [0.2, 0.25) is 0 Å². The molecule has 0 spiro atoms. The van der Waals surface area contributed by atoms with Gasteiger partial charge in [0.1, 0.15) is 16.5 Å². The van der Waals surface area contributed by atoms with Crippen molar-refractivity contribution in [2.24, 2.45) is 11.7 Å². The Bertz CT molecular complexity index is 612. The van der Waals surface area contributed by atoms with Crippen LogP contribution in [0.5, 0.6) is 0 Å². The van der Waals surface area contributed by atoms with Crippen LogP contribution in [0.1, 0.15) is 32.1 Å². The lowest BCUT2D eigenvalue weighted by atomic mass is 9.84. The molecule has 0 heterocycles. The Kier molecular flexibility index (Phi) is 4.95. The number of hydrogen-bond donors (Lipinski definition) is 3. The molecule has 0 amide bonds. The van der Waals surface area contributed by atoms with Crippen molar-refractivity contribution in [3.63, 3.8) is 0 Å². The number of halogens is 1. The Morgan fingerprint density at radius 2 is 1.90 bits per heavy atom. The van der Waals surface area contributed by atoms with Crippen LogP contribution in [0.4, 0.5) is 4.39 Å². The third kappa shape index (κ3) is 3.79. The van der Waals surface area contributed by atoms with Crippen molar-refractivity contribution in [3.8, 4) is 0 Å². The number of hydrogen-bond acceptors (Lipinski definition) is 3. The van der Waals surface area contributed by atoms with Gasteiger partial charge in [0.05, 0.1) is 6.04 Å². The minimum absolute atomic E-state index is 0.00204. The molecule has 0 aromatic heterocycles. The van der Waals surface area contributed by atoms with E-state index in [1.54, 1.807) is 0 Å². The van der Waals surface area contributed by atoms with E-state index >= 15 is 0 Å². The number of nitrogens with one attached hydrogen (secondary N) is 2. The number of amidine groups is 1. The van der Waals surface area contributed by atoms with Gasteiger partial charge in [0, 0.05) is 0 Å². The van der Waals surface area contributed by atoms with Gasteiger partial charge < -0.3 is 5.73 Å². The van der Waals surface area contributed by atoms with Gasteiger partial charge in [-0.05, 0) is 30.9 Å². The quantitative estimate of drug-likeness (QED) is 0.573. The van der Waals surface area contributed by atoms with E-state index < -0.39 is 26.8 Å². The van der Waals surface area contributed by atoms with E-state index in [1.165, 1.54) is 18.2 Å². The Labute approximate surface area is 124 Å². The number of benzene rings is 1. The van der Waals surface area contributed by atoms with Gasteiger partial charge in [-0.1, -0.05) is 31.4 Å². The molecule has 21 heavy (non-hydrogen) atoms. The van der Waals surface area contributed by atoms with Crippen LogP contribution in [-0.4, -0.2) is 20.3 Å². The van der Waals surface area contributed by atoms with E-state index in [-0.39, 0.29) is 11.8 Å². The average molecular weight is 313 g/mol. The normalized spacial score (nSPS) is 18.3. The summed E-state index contributed by atoms with van der Waals surface area (Å²) in [7, 11) is -4.03. The molecule has 1 fully saturated rings. The van der Waals surface area contributed by atoms with Gasteiger partial charge in [-0.2, -0.15) is 0 Å². The maximum Gasteiger partial charge on any atom is 0.244 e. The largest absolute Gasteiger partial charge is 0.386 e. The molecule has 116 valence electrons. The van der Waals surface area contributed by atoms with Crippen LogP contribution in [-0.2, 0) is 10.0 Å². The molecule has 0 aliphatic heterocycles. The van der Waals surface area contributed by atoms with Gasteiger partial charge in [0.15, 0.2) is 0 Å². The van der Waals surface area contributed by atoms with Gasteiger partial charge in [0.25, 0.3) is 0 Å². The SMILES string of the molecule is N=C(N)C(NS(=O)(=O)c1ccccc1F)C1CCCCC1. The first-order chi connectivity index (χ1) is 9.92. The maximum absolute atomic E-state index is 13.7. The molecule has 1 aliphatic carbocycles. The highest BCUT2D eigenvalue weighted by Gasteiger charge is 2.31. The van der Waals surface area contributed by atoms with Crippen molar-refractivity contribution in [2.75, 3.05) is 0 Å². The van der Waals surface area contributed by atoms with Crippen LogP contribution >= 0.6 is 0 Å². The molecule has 0 saturated heterocycles. The fourth-order valence-corrected chi connectivity index (χ4v) is 4.14. The second-order valence-electron chi connectivity index (χ2n) is 5.38. The molecule has 7 heteroatoms. The van der Waals surface area contributed by atoms with Crippen molar-refractivity contribution < 1.29 is 12.8 Å². The zero-order valence-corrected chi connectivity index (χ0v) is 12.5. The minimum atomic E-state index is -4.03. The fourth-order valence-electron chi connectivity index (χ4n) is 2.77. The van der Waals surface area contributed by atoms with Crippen LogP contribution in [0.3, 0.4) is 0 Å². The second kappa shape index (κ2) is 6.53. The lowest BCUT2D eigenvalue weighted by molar-refractivity contribution is 0.328. The summed E-state index contributed by atoms with van der Waals surface area (Å²) in [5, 5.41) is 7.64. The lowest BCUT2D eigenvalue weighted by Gasteiger charge is -2.29. The van der Waals surface area contributed by atoms with Crippen LogP contribution < -0.4 is 10.5 Å². The van der Waals surface area contributed by atoms with Gasteiger partial charge in [0.2, 0.25) is 10.0 Å². The third-order valence-electron chi connectivity index (χ3n) is 3.86. The molecule has 5 nitrogen and oxygen atoms in total. The zero-order chi connectivity index (χ0) is 15.5. The molecule has 1 aromatic carbocycles. The molecule has 1 saturated carbocycles. The zero-order valence-electron chi connectivity index (χ0n) is 11.7. The van der Waals surface area contributed by atoms with E-state index in [0.29, 0.717) is 0 Å². The summed E-state index contributed by atoms with van der Waals surface area (Å²) < 4.78 is 40.7. The molecule has 1 atom stereocenters. The molecule has 1 unspecified atom stereocenters. The minimum Gasteiger partial charge on any atom is -0.386 e. The van der Waals surface area contributed by atoms with Gasteiger partial charge in [-0.25, -0.2) is 17.5 Å². The predicted molar refractivity (Wildman–Crippen MR) is 79.0 cm³/mol. The van der Waals surface area contributed by atoms with E-state index in [2.05, 4.69) is 4.72 Å². The molecule has 2 rings (SSSR count). The van der Waals surface area contributed by atoms with Crippen molar-refractivity contribution in [1.82, 2.24) is 4.72 Å². The highest BCUT2D eigenvalue weighted by molar-refractivity contribution is 7.89. The lowest BCUT2D eigenvalue weighted by Crippen LogP contribution is -2.49.